The molecular formula is C25H22ClFO3. The maximum atomic E-state index is 13.3. The van der Waals surface area contributed by atoms with Gasteiger partial charge in [-0.05, 0) is 48.1 Å². The summed E-state index contributed by atoms with van der Waals surface area (Å²) in [6.45, 7) is 0. The Labute approximate surface area is 180 Å². The van der Waals surface area contributed by atoms with Crippen molar-refractivity contribution in [2.45, 2.75) is 25.7 Å². The Bertz CT molecular complexity index is 1020. The minimum Gasteiger partial charge on any atom is -0.481 e. The fraction of sp³-hybridized carbons (Fsp3) is 0.200. The Hall–Kier alpha value is -2.98. The Balaban J connectivity index is 1.61. The van der Waals surface area contributed by atoms with Gasteiger partial charge in [0.1, 0.15) is 5.82 Å². The molecule has 3 aromatic rings. The van der Waals surface area contributed by atoms with Gasteiger partial charge in [-0.25, -0.2) is 4.39 Å². The third-order valence-corrected chi connectivity index (χ3v) is 5.39. The van der Waals surface area contributed by atoms with Crippen LogP contribution in [0.15, 0.2) is 72.8 Å². The van der Waals surface area contributed by atoms with E-state index in [0.717, 1.165) is 23.1 Å². The van der Waals surface area contributed by atoms with E-state index in [1.165, 1.54) is 12.1 Å². The van der Waals surface area contributed by atoms with Gasteiger partial charge in [0.05, 0.1) is 10.9 Å². The average Bonchev–Trinajstić information content (AvgIpc) is 2.75. The second-order valence-electron chi connectivity index (χ2n) is 7.25. The number of carbonyl (C=O) groups is 2. The van der Waals surface area contributed by atoms with Crippen molar-refractivity contribution in [1.29, 1.82) is 0 Å². The highest BCUT2D eigenvalue weighted by Gasteiger charge is 2.21. The Kier molecular flexibility index (Phi) is 7.36. The Morgan fingerprint density at radius 2 is 1.60 bits per heavy atom. The number of ketones is 1. The van der Waals surface area contributed by atoms with E-state index in [4.69, 9.17) is 11.6 Å². The van der Waals surface area contributed by atoms with Gasteiger partial charge in [-0.2, -0.15) is 0 Å². The van der Waals surface area contributed by atoms with Gasteiger partial charge in [0.15, 0.2) is 5.78 Å². The van der Waals surface area contributed by atoms with Crippen molar-refractivity contribution in [3.63, 3.8) is 0 Å². The van der Waals surface area contributed by atoms with Gasteiger partial charge in [0, 0.05) is 12.0 Å². The van der Waals surface area contributed by atoms with E-state index in [0.29, 0.717) is 18.4 Å². The number of carbonyl (C=O) groups excluding carboxylic acids is 1. The fourth-order valence-corrected chi connectivity index (χ4v) is 3.56. The summed E-state index contributed by atoms with van der Waals surface area (Å²) in [6, 6.07) is 21.1. The van der Waals surface area contributed by atoms with Crippen molar-refractivity contribution >= 4 is 23.4 Å². The number of halogens is 2. The van der Waals surface area contributed by atoms with Crippen LogP contribution in [-0.2, 0) is 11.2 Å². The van der Waals surface area contributed by atoms with Crippen molar-refractivity contribution in [3.05, 3.63) is 94.8 Å². The van der Waals surface area contributed by atoms with Gasteiger partial charge in [0.2, 0.25) is 0 Å². The zero-order chi connectivity index (χ0) is 21.5. The molecule has 0 aromatic heterocycles. The first-order valence-corrected chi connectivity index (χ1v) is 10.2. The van der Waals surface area contributed by atoms with Crippen molar-refractivity contribution < 1.29 is 19.1 Å². The quantitative estimate of drug-likeness (QED) is 0.402. The van der Waals surface area contributed by atoms with E-state index >= 15 is 0 Å². The van der Waals surface area contributed by atoms with Gasteiger partial charge < -0.3 is 5.11 Å². The van der Waals surface area contributed by atoms with Gasteiger partial charge in [0.25, 0.3) is 0 Å². The first kappa shape index (κ1) is 21.7. The van der Waals surface area contributed by atoms with Crippen LogP contribution >= 0.6 is 11.6 Å². The van der Waals surface area contributed by atoms with Crippen LogP contribution < -0.4 is 0 Å². The van der Waals surface area contributed by atoms with E-state index in [9.17, 15) is 19.1 Å². The molecule has 3 rings (SSSR count). The largest absolute Gasteiger partial charge is 0.481 e. The second kappa shape index (κ2) is 10.2. The van der Waals surface area contributed by atoms with Crippen molar-refractivity contribution in [1.82, 2.24) is 0 Å². The zero-order valence-electron chi connectivity index (χ0n) is 16.4. The van der Waals surface area contributed by atoms with Gasteiger partial charge in [-0.3, -0.25) is 9.59 Å². The van der Waals surface area contributed by atoms with Crippen molar-refractivity contribution in [3.8, 4) is 11.1 Å². The maximum absolute atomic E-state index is 13.3. The lowest BCUT2D eigenvalue weighted by Gasteiger charge is -2.12. The second-order valence-corrected chi connectivity index (χ2v) is 7.65. The molecule has 1 unspecified atom stereocenters. The zero-order valence-corrected chi connectivity index (χ0v) is 17.1. The first-order valence-electron chi connectivity index (χ1n) is 9.79. The summed E-state index contributed by atoms with van der Waals surface area (Å²) in [5, 5.41) is 9.55. The third-order valence-electron chi connectivity index (χ3n) is 5.10. The van der Waals surface area contributed by atoms with Crippen LogP contribution in [0.4, 0.5) is 4.39 Å². The molecule has 0 aliphatic heterocycles. The Morgan fingerprint density at radius 1 is 0.933 bits per heavy atom. The molecule has 0 fully saturated rings. The number of carboxylic acid groups (broad SMARTS) is 1. The number of aliphatic carboxylic acids is 1. The van der Waals surface area contributed by atoms with Crippen molar-refractivity contribution in [2.75, 3.05) is 0 Å². The topological polar surface area (TPSA) is 54.4 Å². The molecule has 30 heavy (non-hydrogen) atoms. The summed E-state index contributed by atoms with van der Waals surface area (Å²) >= 11 is 5.83. The predicted molar refractivity (Wildman–Crippen MR) is 116 cm³/mol. The maximum Gasteiger partial charge on any atom is 0.306 e. The van der Waals surface area contributed by atoms with Crippen LogP contribution in [0.1, 0.15) is 35.2 Å². The molecule has 0 radical (unpaired) electrons. The molecular weight excluding hydrogens is 403 g/mol. The van der Waals surface area contributed by atoms with Gasteiger partial charge >= 0.3 is 5.97 Å². The SMILES string of the molecule is O=C(CC(CCCc1ccccc1)C(=O)O)c1ccc(-c2ccc(F)c(Cl)c2)cc1. The van der Waals surface area contributed by atoms with Crippen LogP contribution in [0.2, 0.25) is 5.02 Å². The molecule has 0 aliphatic rings. The number of hydrogen-bond acceptors (Lipinski definition) is 2. The van der Waals surface area contributed by atoms with E-state index < -0.39 is 17.7 Å². The van der Waals surface area contributed by atoms with Crippen LogP contribution in [-0.4, -0.2) is 16.9 Å². The molecule has 0 bridgehead atoms. The summed E-state index contributed by atoms with van der Waals surface area (Å²) in [4.78, 5) is 24.2. The van der Waals surface area contributed by atoms with E-state index in [2.05, 4.69) is 0 Å². The van der Waals surface area contributed by atoms with E-state index in [1.807, 2.05) is 30.3 Å². The van der Waals surface area contributed by atoms with Gasteiger partial charge in [-0.15, -0.1) is 0 Å². The average molecular weight is 425 g/mol. The molecule has 1 N–H and O–H groups in total. The minimum absolute atomic E-state index is 0.0347. The summed E-state index contributed by atoms with van der Waals surface area (Å²) in [5.74, 6) is -2.35. The smallest absolute Gasteiger partial charge is 0.306 e. The molecule has 0 heterocycles. The van der Waals surface area contributed by atoms with E-state index in [1.54, 1.807) is 30.3 Å². The highest BCUT2D eigenvalue weighted by molar-refractivity contribution is 6.31. The number of carboxylic acids is 1. The fourth-order valence-electron chi connectivity index (χ4n) is 3.38. The number of aryl methyl sites for hydroxylation is 1. The number of Topliss-reactive ketones (excluding diaryl/α,β-unsaturated/α-hetero) is 1. The highest BCUT2D eigenvalue weighted by Crippen LogP contribution is 2.26. The minimum atomic E-state index is -0.950. The lowest BCUT2D eigenvalue weighted by molar-refractivity contribution is -0.141. The van der Waals surface area contributed by atoms with Crippen molar-refractivity contribution in [2.24, 2.45) is 5.92 Å². The highest BCUT2D eigenvalue weighted by atomic mass is 35.5. The number of benzene rings is 3. The normalized spacial score (nSPS) is 11.8. The summed E-state index contributed by atoms with van der Waals surface area (Å²) < 4.78 is 13.3. The van der Waals surface area contributed by atoms with Gasteiger partial charge in [-0.1, -0.05) is 72.3 Å². The molecule has 3 nitrogen and oxygen atoms in total. The molecule has 0 spiro atoms. The molecule has 0 amide bonds. The first-order chi connectivity index (χ1) is 14.4. The molecule has 5 heteroatoms. The predicted octanol–water partition coefficient (Wildman–Crippen LogP) is 6.44. The van der Waals surface area contributed by atoms with Crippen LogP contribution in [0.25, 0.3) is 11.1 Å². The van der Waals surface area contributed by atoms with Crippen LogP contribution in [0.3, 0.4) is 0 Å². The lowest BCUT2D eigenvalue weighted by atomic mass is 9.92. The third kappa shape index (κ3) is 5.77. The lowest BCUT2D eigenvalue weighted by Crippen LogP contribution is -2.18. The summed E-state index contributed by atoms with van der Waals surface area (Å²) in [6.07, 6.45) is 1.90. The summed E-state index contributed by atoms with van der Waals surface area (Å²) in [5.41, 5.74) is 3.15. The van der Waals surface area contributed by atoms with Crippen LogP contribution in [0, 0.1) is 11.7 Å². The molecule has 3 aromatic carbocycles. The number of rotatable bonds is 9. The number of hydrogen-bond donors (Lipinski definition) is 1. The van der Waals surface area contributed by atoms with Crippen LogP contribution in [0.5, 0.6) is 0 Å². The summed E-state index contributed by atoms with van der Waals surface area (Å²) in [7, 11) is 0. The molecule has 0 saturated carbocycles. The monoisotopic (exact) mass is 424 g/mol. The molecule has 1 atom stereocenters. The Morgan fingerprint density at radius 3 is 2.23 bits per heavy atom. The molecule has 0 aliphatic carbocycles. The van der Waals surface area contributed by atoms with E-state index in [-0.39, 0.29) is 17.2 Å². The standard InChI is InChI=1S/C25H22ClFO3/c26-22-15-20(13-14-23(22)27)18-9-11-19(12-10-18)24(28)16-21(25(29)30)8-4-7-17-5-2-1-3-6-17/h1-3,5-6,9-15,21H,4,7-8,16H2,(H,29,30). The molecule has 154 valence electrons. The molecule has 0 saturated heterocycles.